The van der Waals surface area contributed by atoms with Crippen molar-refractivity contribution < 1.29 is 4.39 Å². The first kappa shape index (κ1) is 21.5. The molecule has 0 atom stereocenters. The third kappa shape index (κ3) is 3.76. The van der Waals surface area contributed by atoms with Gasteiger partial charge in [-0.2, -0.15) is 5.10 Å². The van der Waals surface area contributed by atoms with Crippen LogP contribution in [0.2, 0.25) is 0 Å². The molecule has 174 valence electrons. The zero-order valence-corrected chi connectivity index (χ0v) is 20.1. The van der Waals surface area contributed by atoms with Crippen molar-refractivity contribution in [2.75, 3.05) is 14.1 Å². The summed E-state index contributed by atoms with van der Waals surface area (Å²) in [5.41, 5.74) is 5.03. The van der Waals surface area contributed by atoms with Crippen molar-refractivity contribution in [1.82, 2.24) is 40.0 Å². The highest BCUT2D eigenvalue weighted by atomic mass is 32.1. The van der Waals surface area contributed by atoms with Crippen LogP contribution in [0.4, 0.5) is 4.39 Å². The Labute approximate surface area is 203 Å². The van der Waals surface area contributed by atoms with Gasteiger partial charge < -0.3 is 9.88 Å². The number of aryl methyl sites for hydroxylation is 1. The Bertz CT molecular complexity index is 1700. The number of fused-ring (bicyclic) bond motifs is 2. The van der Waals surface area contributed by atoms with Crippen LogP contribution in [0.5, 0.6) is 0 Å². The van der Waals surface area contributed by atoms with Gasteiger partial charge in [0.15, 0.2) is 11.5 Å². The molecule has 6 aromatic heterocycles. The molecule has 2 N–H and O–H groups in total. The van der Waals surface area contributed by atoms with Gasteiger partial charge in [0, 0.05) is 47.3 Å². The second kappa shape index (κ2) is 8.33. The van der Waals surface area contributed by atoms with Gasteiger partial charge >= 0.3 is 0 Å². The molecule has 10 heteroatoms. The van der Waals surface area contributed by atoms with Crippen LogP contribution in [0.3, 0.4) is 0 Å². The number of aromatic amines is 2. The molecule has 6 aromatic rings. The monoisotopic (exact) mass is 484 g/mol. The molecule has 0 aliphatic rings. The standard InChI is InChI=1S/C25H21FN8S/c1-13-4-5-18(35-13)22-21-17(6-7-28-22)30-25(31-21)23-19-20(26)16(11-29-24(19)33-32-23)15-8-14(9-27-10-15)12-34(2)3/h4-11H,12H2,1-3H3,(H,30,31)(H,29,32,33). The summed E-state index contributed by atoms with van der Waals surface area (Å²) in [4.78, 5) is 25.6. The molecule has 35 heavy (non-hydrogen) atoms. The Morgan fingerprint density at radius 3 is 2.74 bits per heavy atom. The molecule has 6 heterocycles. The lowest BCUT2D eigenvalue weighted by molar-refractivity contribution is 0.402. The number of nitrogens with one attached hydrogen (secondary N) is 2. The van der Waals surface area contributed by atoms with Crippen molar-refractivity contribution in [1.29, 1.82) is 0 Å². The van der Waals surface area contributed by atoms with Crippen molar-refractivity contribution >= 4 is 33.4 Å². The number of imidazole rings is 1. The molecule has 0 bridgehead atoms. The van der Waals surface area contributed by atoms with E-state index in [-0.39, 0.29) is 5.39 Å². The third-order valence-electron chi connectivity index (χ3n) is 5.73. The number of nitrogens with zero attached hydrogens (tertiary/aromatic N) is 6. The Balaban J connectivity index is 1.49. The molecule has 0 aromatic carbocycles. The topological polar surface area (TPSA) is 99.3 Å². The van der Waals surface area contributed by atoms with Crippen molar-refractivity contribution in [2.45, 2.75) is 13.5 Å². The molecule has 0 aliphatic heterocycles. The number of thiophene rings is 1. The minimum Gasteiger partial charge on any atom is -0.336 e. The van der Waals surface area contributed by atoms with E-state index in [2.05, 4.69) is 43.1 Å². The van der Waals surface area contributed by atoms with Crippen molar-refractivity contribution in [3.63, 3.8) is 0 Å². The molecule has 0 saturated carbocycles. The van der Waals surface area contributed by atoms with Crippen LogP contribution < -0.4 is 0 Å². The summed E-state index contributed by atoms with van der Waals surface area (Å²) < 4.78 is 15.9. The molecule has 0 aliphatic carbocycles. The van der Waals surface area contributed by atoms with Crippen LogP contribution in [-0.2, 0) is 6.54 Å². The Hall–Kier alpha value is -4.02. The first-order valence-electron chi connectivity index (χ1n) is 11.0. The largest absolute Gasteiger partial charge is 0.336 e. The summed E-state index contributed by atoms with van der Waals surface area (Å²) in [7, 11) is 3.96. The molecule has 0 radical (unpaired) electrons. The number of pyridine rings is 3. The van der Waals surface area contributed by atoms with E-state index in [9.17, 15) is 0 Å². The maximum absolute atomic E-state index is 15.9. The molecule has 6 rings (SSSR count). The van der Waals surface area contributed by atoms with E-state index in [0.717, 1.165) is 21.7 Å². The highest BCUT2D eigenvalue weighted by molar-refractivity contribution is 7.15. The van der Waals surface area contributed by atoms with E-state index in [1.165, 1.54) is 11.1 Å². The van der Waals surface area contributed by atoms with Gasteiger partial charge in [0.2, 0.25) is 0 Å². The fourth-order valence-electron chi connectivity index (χ4n) is 4.20. The highest BCUT2D eigenvalue weighted by Gasteiger charge is 2.21. The number of hydrogen-bond acceptors (Lipinski definition) is 7. The summed E-state index contributed by atoms with van der Waals surface area (Å²) in [6, 6.07) is 7.88. The van der Waals surface area contributed by atoms with Crippen molar-refractivity contribution in [2.24, 2.45) is 0 Å². The van der Waals surface area contributed by atoms with Gasteiger partial charge in [0.05, 0.1) is 15.8 Å². The summed E-state index contributed by atoms with van der Waals surface area (Å²) in [6.45, 7) is 2.76. The number of aromatic nitrogens is 7. The van der Waals surface area contributed by atoms with Gasteiger partial charge in [-0.05, 0) is 50.8 Å². The molecular formula is C25H21FN8S. The maximum atomic E-state index is 15.9. The maximum Gasteiger partial charge on any atom is 0.159 e. The molecule has 0 fully saturated rings. The molecule has 8 nitrogen and oxygen atoms in total. The average Bonchev–Trinajstić information content (AvgIpc) is 3.56. The lowest BCUT2D eigenvalue weighted by Crippen LogP contribution is -2.10. The predicted octanol–water partition coefficient (Wildman–Crippen LogP) is 5.20. The Morgan fingerprint density at radius 2 is 1.94 bits per heavy atom. The number of halogens is 1. The quantitative estimate of drug-likeness (QED) is 0.349. The molecular weight excluding hydrogens is 463 g/mol. The summed E-state index contributed by atoms with van der Waals surface area (Å²) >= 11 is 1.65. The van der Waals surface area contributed by atoms with Gasteiger partial charge in [-0.1, -0.05) is 0 Å². The van der Waals surface area contributed by atoms with E-state index >= 15 is 4.39 Å². The molecule has 0 saturated heterocycles. The van der Waals surface area contributed by atoms with Gasteiger partial charge in [0.25, 0.3) is 0 Å². The summed E-state index contributed by atoms with van der Waals surface area (Å²) in [5.74, 6) is 0.0290. The van der Waals surface area contributed by atoms with Crippen LogP contribution in [0.1, 0.15) is 10.4 Å². The second-order valence-corrected chi connectivity index (χ2v) is 9.94. The average molecular weight is 485 g/mol. The fraction of sp³-hybridized carbons (Fsp3) is 0.160. The SMILES string of the molecule is Cc1ccc(-c2nccc3[nH]c(-c4n[nH]c5ncc(-c6cncc(CN(C)C)c6)c(F)c45)nc23)s1. The van der Waals surface area contributed by atoms with E-state index in [0.29, 0.717) is 40.4 Å². The molecule has 0 unspecified atom stereocenters. The second-order valence-electron chi connectivity index (χ2n) is 8.65. The van der Waals surface area contributed by atoms with Crippen LogP contribution in [-0.4, -0.2) is 54.1 Å². The van der Waals surface area contributed by atoms with Crippen molar-refractivity contribution in [3.05, 3.63) is 65.3 Å². The minimum absolute atomic E-state index is 0.279. The Kier molecular flexibility index (Phi) is 5.12. The van der Waals surface area contributed by atoms with Crippen LogP contribution in [0.15, 0.2) is 49.1 Å². The lowest BCUT2D eigenvalue weighted by Gasteiger charge is -2.11. The lowest BCUT2D eigenvalue weighted by atomic mass is 10.1. The zero-order valence-electron chi connectivity index (χ0n) is 19.3. The first-order valence-corrected chi connectivity index (χ1v) is 11.8. The predicted molar refractivity (Wildman–Crippen MR) is 135 cm³/mol. The third-order valence-corrected chi connectivity index (χ3v) is 6.74. The zero-order chi connectivity index (χ0) is 24.1. The number of H-pyrrole nitrogens is 2. The molecule has 0 amide bonds. The summed E-state index contributed by atoms with van der Waals surface area (Å²) in [6.07, 6.45) is 6.68. The van der Waals surface area contributed by atoms with Crippen molar-refractivity contribution in [3.8, 4) is 33.2 Å². The van der Waals surface area contributed by atoms with Gasteiger partial charge in [-0.25, -0.2) is 14.4 Å². The van der Waals surface area contributed by atoms with E-state index < -0.39 is 5.82 Å². The van der Waals surface area contributed by atoms with E-state index in [1.807, 2.05) is 37.2 Å². The number of hydrogen-bond donors (Lipinski definition) is 2. The van der Waals surface area contributed by atoms with Gasteiger partial charge in [-0.15, -0.1) is 11.3 Å². The fourth-order valence-corrected chi connectivity index (χ4v) is 5.07. The van der Waals surface area contributed by atoms with E-state index in [4.69, 9.17) is 4.98 Å². The van der Waals surface area contributed by atoms with Crippen LogP contribution in [0.25, 0.3) is 55.3 Å². The van der Waals surface area contributed by atoms with E-state index in [1.54, 1.807) is 29.9 Å². The van der Waals surface area contributed by atoms with Gasteiger partial charge in [0.1, 0.15) is 22.7 Å². The van der Waals surface area contributed by atoms with Gasteiger partial charge in [-0.3, -0.25) is 15.1 Å². The first-order chi connectivity index (χ1) is 17.0. The number of rotatable bonds is 5. The highest BCUT2D eigenvalue weighted by Crippen LogP contribution is 2.35. The smallest absolute Gasteiger partial charge is 0.159 e. The summed E-state index contributed by atoms with van der Waals surface area (Å²) in [5, 5.41) is 7.48. The van der Waals surface area contributed by atoms with Crippen LogP contribution in [0, 0.1) is 12.7 Å². The van der Waals surface area contributed by atoms with Crippen LogP contribution >= 0.6 is 11.3 Å². The normalized spacial score (nSPS) is 11.8. The molecule has 0 spiro atoms. The minimum atomic E-state index is -0.421. The Morgan fingerprint density at radius 1 is 1.06 bits per heavy atom.